The summed E-state index contributed by atoms with van der Waals surface area (Å²) in [5.41, 5.74) is 0. The molecule has 0 unspecified atom stereocenters. The standard InChI is InChI=1S/C11H15BrClN3O/c1-17-11-14-7-9(13)10(15-11)16(6-5-12)8-3-2-4-8/h7-8H,2-6H2,1H3. The first-order chi connectivity index (χ1) is 8.26. The zero-order valence-corrected chi connectivity index (χ0v) is 12.0. The van der Waals surface area contributed by atoms with Crippen molar-refractivity contribution in [2.24, 2.45) is 0 Å². The minimum atomic E-state index is 0.364. The molecule has 0 amide bonds. The van der Waals surface area contributed by atoms with Crippen LogP contribution in [0.15, 0.2) is 6.20 Å². The number of alkyl halides is 1. The van der Waals surface area contributed by atoms with Gasteiger partial charge in [-0.2, -0.15) is 4.98 Å². The van der Waals surface area contributed by atoms with Crippen LogP contribution in [0.25, 0.3) is 0 Å². The fourth-order valence-electron chi connectivity index (χ4n) is 1.89. The summed E-state index contributed by atoms with van der Waals surface area (Å²) in [4.78, 5) is 10.6. The molecule has 0 aromatic carbocycles. The SMILES string of the molecule is COc1ncc(Cl)c(N(CCBr)C2CCC2)n1. The van der Waals surface area contributed by atoms with Crippen LogP contribution in [0.1, 0.15) is 19.3 Å². The van der Waals surface area contributed by atoms with Crippen LogP contribution in [0, 0.1) is 0 Å². The third-order valence-corrected chi connectivity index (χ3v) is 3.62. The Bertz CT molecular complexity index is 387. The van der Waals surface area contributed by atoms with Crippen LogP contribution in [0.3, 0.4) is 0 Å². The highest BCUT2D eigenvalue weighted by Crippen LogP contribution is 2.32. The fraction of sp³-hybridized carbons (Fsp3) is 0.636. The molecule has 1 heterocycles. The molecule has 6 heteroatoms. The molecule has 1 saturated carbocycles. The lowest BCUT2D eigenvalue weighted by Gasteiger charge is -2.38. The molecule has 1 aliphatic rings. The number of hydrogen-bond acceptors (Lipinski definition) is 4. The molecule has 0 bridgehead atoms. The highest BCUT2D eigenvalue weighted by Gasteiger charge is 2.27. The largest absolute Gasteiger partial charge is 0.467 e. The highest BCUT2D eigenvalue weighted by atomic mass is 79.9. The van der Waals surface area contributed by atoms with Crippen LogP contribution in [0.5, 0.6) is 6.01 Å². The molecular weight excluding hydrogens is 305 g/mol. The molecule has 1 aromatic heterocycles. The molecule has 0 radical (unpaired) electrons. The van der Waals surface area contributed by atoms with E-state index in [1.165, 1.54) is 19.3 Å². The summed E-state index contributed by atoms with van der Waals surface area (Å²) < 4.78 is 5.05. The number of aromatic nitrogens is 2. The maximum atomic E-state index is 6.17. The normalized spacial score (nSPS) is 15.5. The number of halogens is 2. The van der Waals surface area contributed by atoms with Gasteiger partial charge < -0.3 is 9.64 Å². The number of ether oxygens (including phenoxy) is 1. The van der Waals surface area contributed by atoms with Crippen LogP contribution >= 0.6 is 27.5 Å². The van der Waals surface area contributed by atoms with Gasteiger partial charge in [-0.3, -0.25) is 0 Å². The lowest BCUT2D eigenvalue weighted by atomic mass is 9.91. The average molecular weight is 321 g/mol. The summed E-state index contributed by atoms with van der Waals surface area (Å²) in [5, 5.41) is 1.48. The molecule has 0 saturated heterocycles. The van der Waals surface area contributed by atoms with Crippen LogP contribution in [0.2, 0.25) is 5.02 Å². The molecule has 1 aromatic rings. The molecule has 17 heavy (non-hydrogen) atoms. The first-order valence-electron chi connectivity index (χ1n) is 5.65. The van der Waals surface area contributed by atoms with Gasteiger partial charge in [0.2, 0.25) is 0 Å². The molecule has 0 N–H and O–H groups in total. The molecular formula is C11H15BrClN3O. The number of anilines is 1. The zero-order chi connectivity index (χ0) is 12.3. The summed E-state index contributed by atoms with van der Waals surface area (Å²) in [5.74, 6) is 0.780. The van der Waals surface area contributed by atoms with Crippen molar-refractivity contribution in [1.82, 2.24) is 9.97 Å². The van der Waals surface area contributed by atoms with Gasteiger partial charge in [-0.25, -0.2) is 4.98 Å². The molecule has 0 atom stereocenters. The predicted octanol–water partition coefficient (Wildman–Crippen LogP) is 2.89. The first-order valence-corrected chi connectivity index (χ1v) is 7.15. The van der Waals surface area contributed by atoms with Crippen LogP contribution in [-0.2, 0) is 0 Å². The Morgan fingerprint density at radius 2 is 2.35 bits per heavy atom. The Kier molecular flexibility index (Phi) is 4.45. The van der Waals surface area contributed by atoms with Crippen molar-refractivity contribution in [1.29, 1.82) is 0 Å². The van der Waals surface area contributed by atoms with E-state index >= 15 is 0 Å². The smallest absolute Gasteiger partial charge is 0.318 e. The third-order valence-electron chi connectivity index (χ3n) is 3.00. The van der Waals surface area contributed by atoms with Gasteiger partial charge in [-0.1, -0.05) is 27.5 Å². The Hall–Kier alpha value is -0.550. The quantitative estimate of drug-likeness (QED) is 0.782. The van der Waals surface area contributed by atoms with Gasteiger partial charge in [0.05, 0.1) is 13.3 Å². The summed E-state index contributed by atoms with van der Waals surface area (Å²) in [7, 11) is 1.56. The molecule has 0 aliphatic heterocycles. The topological polar surface area (TPSA) is 38.2 Å². The molecule has 2 rings (SSSR count). The van der Waals surface area contributed by atoms with E-state index in [2.05, 4.69) is 30.8 Å². The molecule has 1 aliphatic carbocycles. The average Bonchev–Trinajstić information content (AvgIpc) is 2.27. The van der Waals surface area contributed by atoms with Gasteiger partial charge in [-0.15, -0.1) is 0 Å². The van der Waals surface area contributed by atoms with Gasteiger partial charge in [0.1, 0.15) is 5.02 Å². The van der Waals surface area contributed by atoms with E-state index in [-0.39, 0.29) is 0 Å². The summed E-state index contributed by atoms with van der Waals surface area (Å²) in [6.07, 6.45) is 5.29. The first kappa shape index (κ1) is 12.9. The van der Waals surface area contributed by atoms with Crippen LogP contribution in [-0.4, -0.2) is 35.0 Å². The van der Waals surface area contributed by atoms with Gasteiger partial charge >= 0.3 is 6.01 Å². The zero-order valence-electron chi connectivity index (χ0n) is 9.70. The second-order valence-electron chi connectivity index (χ2n) is 4.00. The molecule has 1 fully saturated rings. The minimum absolute atomic E-state index is 0.364. The third kappa shape index (κ3) is 2.83. The van der Waals surface area contributed by atoms with Gasteiger partial charge in [0.15, 0.2) is 5.82 Å². The second-order valence-corrected chi connectivity index (χ2v) is 5.20. The van der Waals surface area contributed by atoms with Crippen molar-refractivity contribution in [2.45, 2.75) is 25.3 Å². The van der Waals surface area contributed by atoms with Gasteiger partial charge in [-0.05, 0) is 19.3 Å². The van der Waals surface area contributed by atoms with E-state index in [4.69, 9.17) is 16.3 Å². The van der Waals surface area contributed by atoms with Crippen molar-refractivity contribution < 1.29 is 4.74 Å². The van der Waals surface area contributed by atoms with E-state index < -0.39 is 0 Å². The predicted molar refractivity (Wildman–Crippen MR) is 72.4 cm³/mol. The summed E-state index contributed by atoms with van der Waals surface area (Å²) >= 11 is 9.64. The number of nitrogens with zero attached hydrogens (tertiary/aromatic N) is 3. The van der Waals surface area contributed by atoms with Gasteiger partial charge in [0.25, 0.3) is 0 Å². The van der Waals surface area contributed by atoms with Crippen molar-refractivity contribution in [3.63, 3.8) is 0 Å². The lowest BCUT2D eigenvalue weighted by molar-refractivity contribution is 0.371. The van der Waals surface area contributed by atoms with Crippen LogP contribution in [0.4, 0.5) is 5.82 Å². The van der Waals surface area contributed by atoms with Crippen molar-refractivity contribution in [3.05, 3.63) is 11.2 Å². The summed E-state index contributed by atoms with van der Waals surface area (Å²) in [6, 6.07) is 0.910. The Morgan fingerprint density at radius 1 is 1.59 bits per heavy atom. The van der Waals surface area contributed by atoms with E-state index in [9.17, 15) is 0 Å². The van der Waals surface area contributed by atoms with E-state index in [0.29, 0.717) is 17.1 Å². The number of methoxy groups -OCH3 is 1. The van der Waals surface area contributed by atoms with Crippen LogP contribution < -0.4 is 9.64 Å². The van der Waals surface area contributed by atoms with Crippen molar-refractivity contribution in [2.75, 3.05) is 23.9 Å². The van der Waals surface area contributed by atoms with E-state index in [0.717, 1.165) is 17.7 Å². The lowest BCUT2D eigenvalue weighted by Crippen LogP contribution is -2.42. The molecule has 4 nitrogen and oxygen atoms in total. The second kappa shape index (κ2) is 5.87. The maximum absolute atomic E-state index is 6.17. The van der Waals surface area contributed by atoms with E-state index in [1.54, 1.807) is 13.3 Å². The highest BCUT2D eigenvalue weighted by molar-refractivity contribution is 9.09. The van der Waals surface area contributed by atoms with Crippen molar-refractivity contribution >= 4 is 33.3 Å². The minimum Gasteiger partial charge on any atom is -0.467 e. The Balaban J connectivity index is 2.26. The fourth-order valence-corrected chi connectivity index (χ4v) is 2.47. The number of rotatable bonds is 5. The molecule has 94 valence electrons. The van der Waals surface area contributed by atoms with Gasteiger partial charge in [0, 0.05) is 17.9 Å². The van der Waals surface area contributed by atoms with E-state index in [1.807, 2.05) is 0 Å². The Morgan fingerprint density at radius 3 is 2.88 bits per heavy atom. The molecule has 0 spiro atoms. The van der Waals surface area contributed by atoms with Crippen molar-refractivity contribution in [3.8, 4) is 6.01 Å². The monoisotopic (exact) mass is 319 g/mol. The number of hydrogen-bond donors (Lipinski definition) is 0. The summed E-state index contributed by atoms with van der Waals surface area (Å²) in [6.45, 7) is 0.893. The Labute approximate surface area is 114 Å². The maximum Gasteiger partial charge on any atom is 0.318 e.